The van der Waals surface area contributed by atoms with Gasteiger partial charge in [0.1, 0.15) is 5.75 Å². The molecule has 1 atom stereocenters. The Kier molecular flexibility index (Phi) is 6.81. The summed E-state index contributed by atoms with van der Waals surface area (Å²) in [6, 6.07) is 8.83. The van der Waals surface area contributed by atoms with Crippen LogP contribution in [0.2, 0.25) is 0 Å². The fourth-order valence-corrected chi connectivity index (χ4v) is 1.96. The molecule has 0 radical (unpaired) electrons. The number of rotatable bonds is 8. The summed E-state index contributed by atoms with van der Waals surface area (Å²) in [6.07, 6.45) is 2.36. The van der Waals surface area contributed by atoms with Gasteiger partial charge in [0, 0.05) is 6.04 Å². The minimum absolute atomic E-state index is 0.407. The minimum Gasteiger partial charge on any atom is -0.494 e. The molecule has 0 spiro atoms. The molecule has 0 aliphatic heterocycles. The third-order valence-corrected chi connectivity index (χ3v) is 3.08. The first-order valence-corrected chi connectivity index (χ1v) is 7.09. The molecule has 0 amide bonds. The maximum absolute atomic E-state index is 5.73. The van der Waals surface area contributed by atoms with Crippen LogP contribution >= 0.6 is 0 Å². The van der Waals surface area contributed by atoms with Gasteiger partial charge in [-0.05, 0) is 49.9 Å². The summed E-state index contributed by atoms with van der Waals surface area (Å²) in [5.41, 5.74) is 1.31. The molecule has 1 N–H and O–H groups in total. The SMILES string of the molecule is CCNC(C)c1ccc(OCCCC(C)C)cc1. The molecule has 0 bridgehead atoms. The first-order chi connectivity index (χ1) is 8.63. The fraction of sp³-hybridized carbons (Fsp3) is 0.625. The maximum atomic E-state index is 5.73. The topological polar surface area (TPSA) is 21.3 Å². The first-order valence-electron chi connectivity index (χ1n) is 7.09. The molecule has 0 saturated carbocycles. The number of benzene rings is 1. The zero-order valence-electron chi connectivity index (χ0n) is 12.2. The number of hydrogen-bond donors (Lipinski definition) is 1. The van der Waals surface area contributed by atoms with Crippen LogP contribution in [0.3, 0.4) is 0 Å². The quantitative estimate of drug-likeness (QED) is 0.698. The van der Waals surface area contributed by atoms with Crippen LogP contribution in [0.15, 0.2) is 24.3 Å². The zero-order valence-corrected chi connectivity index (χ0v) is 12.2. The fourth-order valence-electron chi connectivity index (χ4n) is 1.96. The molecule has 2 nitrogen and oxygen atoms in total. The van der Waals surface area contributed by atoms with Gasteiger partial charge >= 0.3 is 0 Å². The average Bonchev–Trinajstić information content (AvgIpc) is 2.35. The van der Waals surface area contributed by atoms with Crippen molar-refractivity contribution in [3.8, 4) is 5.75 Å². The molecule has 1 unspecified atom stereocenters. The minimum atomic E-state index is 0.407. The predicted molar refractivity (Wildman–Crippen MR) is 78.1 cm³/mol. The van der Waals surface area contributed by atoms with Crippen LogP contribution in [-0.2, 0) is 0 Å². The molecular formula is C16H27NO. The molecule has 0 fully saturated rings. The molecule has 2 heteroatoms. The summed E-state index contributed by atoms with van der Waals surface area (Å²) < 4.78 is 5.73. The molecular weight excluding hydrogens is 222 g/mol. The van der Waals surface area contributed by atoms with Crippen molar-refractivity contribution < 1.29 is 4.74 Å². The average molecular weight is 249 g/mol. The van der Waals surface area contributed by atoms with Crippen LogP contribution in [0, 0.1) is 5.92 Å². The lowest BCUT2D eigenvalue weighted by molar-refractivity contribution is 0.297. The Hall–Kier alpha value is -1.02. The Morgan fingerprint density at radius 3 is 2.33 bits per heavy atom. The highest BCUT2D eigenvalue weighted by Crippen LogP contribution is 2.18. The number of ether oxygens (including phenoxy) is 1. The third kappa shape index (κ3) is 5.54. The summed E-state index contributed by atoms with van der Waals surface area (Å²) in [5, 5.41) is 3.41. The van der Waals surface area contributed by atoms with Crippen LogP contribution in [0.4, 0.5) is 0 Å². The zero-order chi connectivity index (χ0) is 13.4. The maximum Gasteiger partial charge on any atom is 0.119 e. The van der Waals surface area contributed by atoms with Gasteiger partial charge in [0.15, 0.2) is 0 Å². The Labute approximate surface area is 112 Å². The van der Waals surface area contributed by atoms with Gasteiger partial charge in [0.25, 0.3) is 0 Å². The molecule has 0 aromatic heterocycles. The standard InChI is InChI=1S/C16H27NO/c1-5-17-14(4)15-8-10-16(11-9-15)18-12-6-7-13(2)3/h8-11,13-14,17H,5-7,12H2,1-4H3. The molecule has 102 valence electrons. The van der Waals surface area contributed by atoms with Crippen molar-refractivity contribution in [2.24, 2.45) is 5.92 Å². The van der Waals surface area contributed by atoms with E-state index < -0.39 is 0 Å². The van der Waals surface area contributed by atoms with E-state index in [1.165, 1.54) is 12.0 Å². The lowest BCUT2D eigenvalue weighted by atomic mass is 10.1. The van der Waals surface area contributed by atoms with E-state index >= 15 is 0 Å². The molecule has 1 aromatic carbocycles. The van der Waals surface area contributed by atoms with Gasteiger partial charge in [-0.25, -0.2) is 0 Å². The van der Waals surface area contributed by atoms with Crippen molar-refractivity contribution >= 4 is 0 Å². The monoisotopic (exact) mass is 249 g/mol. The van der Waals surface area contributed by atoms with Crippen LogP contribution in [-0.4, -0.2) is 13.2 Å². The van der Waals surface area contributed by atoms with E-state index in [-0.39, 0.29) is 0 Å². The van der Waals surface area contributed by atoms with Crippen LogP contribution in [0.1, 0.15) is 52.1 Å². The van der Waals surface area contributed by atoms with Gasteiger partial charge in [0.2, 0.25) is 0 Å². The van der Waals surface area contributed by atoms with Crippen molar-refractivity contribution in [1.82, 2.24) is 5.32 Å². The van der Waals surface area contributed by atoms with Crippen LogP contribution in [0.5, 0.6) is 5.75 Å². The van der Waals surface area contributed by atoms with E-state index in [1.807, 2.05) is 0 Å². The third-order valence-electron chi connectivity index (χ3n) is 3.08. The summed E-state index contributed by atoms with van der Waals surface area (Å²) >= 11 is 0. The van der Waals surface area contributed by atoms with Crippen molar-refractivity contribution in [2.75, 3.05) is 13.2 Å². The number of nitrogens with one attached hydrogen (secondary N) is 1. The summed E-state index contributed by atoms with van der Waals surface area (Å²) in [4.78, 5) is 0. The van der Waals surface area contributed by atoms with Crippen LogP contribution < -0.4 is 10.1 Å². The van der Waals surface area contributed by atoms with E-state index in [0.717, 1.165) is 31.2 Å². The Balaban J connectivity index is 2.36. The second-order valence-corrected chi connectivity index (χ2v) is 5.23. The van der Waals surface area contributed by atoms with Gasteiger partial charge < -0.3 is 10.1 Å². The predicted octanol–water partition coefficient (Wildman–Crippen LogP) is 4.17. The lowest BCUT2D eigenvalue weighted by Crippen LogP contribution is -2.17. The van der Waals surface area contributed by atoms with Crippen molar-refractivity contribution in [3.63, 3.8) is 0 Å². The highest BCUT2D eigenvalue weighted by molar-refractivity contribution is 5.28. The smallest absolute Gasteiger partial charge is 0.119 e. The molecule has 0 saturated heterocycles. The van der Waals surface area contributed by atoms with E-state index in [9.17, 15) is 0 Å². The Morgan fingerprint density at radius 1 is 1.11 bits per heavy atom. The normalized spacial score (nSPS) is 12.7. The molecule has 0 aliphatic carbocycles. The van der Waals surface area contributed by atoms with Gasteiger partial charge in [-0.1, -0.05) is 32.9 Å². The van der Waals surface area contributed by atoms with Crippen molar-refractivity contribution in [1.29, 1.82) is 0 Å². The highest BCUT2D eigenvalue weighted by atomic mass is 16.5. The molecule has 1 rings (SSSR count). The Bertz CT molecular complexity index is 318. The number of hydrogen-bond acceptors (Lipinski definition) is 2. The lowest BCUT2D eigenvalue weighted by Gasteiger charge is -2.13. The second kappa shape index (κ2) is 8.15. The summed E-state index contributed by atoms with van der Waals surface area (Å²) in [7, 11) is 0. The van der Waals surface area contributed by atoms with E-state index in [4.69, 9.17) is 4.74 Å². The van der Waals surface area contributed by atoms with Gasteiger partial charge in [-0.2, -0.15) is 0 Å². The van der Waals surface area contributed by atoms with Gasteiger partial charge in [0.05, 0.1) is 6.61 Å². The molecule has 0 aliphatic rings. The van der Waals surface area contributed by atoms with Crippen molar-refractivity contribution in [3.05, 3.63) is 29.8 Å². The second-order valence-electron chi connectivity index (χ2n) is 5.23. The first kappa shape index (κ1) is 15.0. The van der Waals surface area contributed by atoms with E-state index in [1.54, 1.807) is 0 Å². The van der Waals surface area contributed by atoms with Gasteiger partial charge in [-0.15, -0.1) is 0 Å². The summed E-state index contributed by atoms with van der Waals surface area (Å²) in [5.74, 6) is 1.74. The molecule has 1 aromatic rings. The van der Waals surface area contributed by atoms with E-state index in [0.29, 0.717) is 6.04 Å². The molecule has 18 heavy (non-hydrogen) atoms. The summed E-state index contributed by atoms with van der Waals surface area (Å²) in [6.45, 7) is 10.6. The van der Waals surface area contributed by atoms with E-state index in [2.05, 4.69) is 57.3 Å². The van der Waals surface area contributed by atoms with Gasteiger partial charge in [-0.3, -0.25) is 0 Å². The Morgan fingerprint density at radius 2 is 1.78 bits per heavy atom. The highest BCUT2D eigenvalue weighted by Gasteiger charge is 2.03. The van der Waals surface area contributed by atoms with Crippen LogP contribution in [0.25, 0.3) is 0 Å². The van der Waals surface area contributed by atoms with Crippen molar-refractivity contribution in [2.45, 2.75) is 46.6 Å². The largest absolute Gasteiger partial charge is 0.494 e. The molecule has 0 heterocycles.